The monoisotopic (exact) mass is 649 g/mol. The van der Waals surface area contributed by atoms with Gasteiger partial charge in [0.1, 0.15) is 11.4 Å². The van der Waals surface area contributed by atoms with Crippen LogP contribution in [0.3, 0.4) is 0 Å². The first kappa shape index (κ1) is 31.6. The zero-order chi connectivity index (χ0) is 32.2. The van der Waals surface area contributed by atoms with Crippen LogP contribution in [0.15, 0.2) is 97.0 Å². The van der Waals surface area contributed by atoms with Crippen molar-refractivity contribution >= 4 is 49.2 Å². The van der Waals surface area contributed by atoms with Crippen molar-refractivity contribution in [2.24, 2.45) is 20.5 Å². The van der Waals surface area contributed by atoms with E-state index in [0.29, 0.717) is 18.2 Å². The van der Waals surface area contributed by atoms with Crippen molar-refractivity contribution in [2.45, 2.75) is 16.0 Å². The Morgan fingerprint density at radius 2 is 1.36 bits per heavy atom. The number of hydrogen-bond donors (Lipinski definition) is 5. The fourth-order valence-corrected chi connectivity index (χ4v) is 4.46. The van der Waals surface area contributed by atoms with Crippen molar-refractivity contribution in [3.63, 3.8) is 0 Å². The topological polar surface area (TPSA) is 254 Å². The zero-order valence-electron chi connectivity index (χ0n) is 21.5. The van der Waals surface area contributed by atoms with E-state index in [2.05, 4.69) is 35.7 Å². The van der Waals surface area contributed by atoms with Crippen LogP contribution in [0, 0.1) is 11.9 Å². The number of benzene rings is 3. The molecular formula is C24H17F2N7O9S2. The molecule has 1 heterocycles. The maximum absolute atomic E-state index is 13.5. The molecule has 0 bridgehead atoms. The number of carbonyl (C=O) groups is 1. The predicted octanol–water partition coefficient (Wildman–Crippen LogP) is 4.96. The number of hydrogen-bond acceptors (Lipinski definition) is 13. The minimum atomic E-state index is -4.95. The van der Waals surface area contributed by atoms with Crippen molar-refractivity contribution in [2.75, 3.05) is 5.32 Å². The molecule has 3 aromatic carbocycles. The predicted molar refractivity (Wildman–Crippen MR) is 145 cm³/mol. The number of anilines is 2. The lowest BCUT2D eigenvalue weighted by molar-refractivity contribution is 0.0697. The Bertz CT molecular complexity index is 2010. The van der Waals surface area contributed by atoms with E-state index in [4.69, 9.17) is 0 Å². The largest absolute Gasteiger partial charge is 0.504 e. The maximum atomic E-state index is 13.5. The number of nitrogens with zero attached hydrogens (tertiary/aromatic N) is 6. The van der Waals surface area contributed by atoms with Gasteiger partial charge < -0.3 is 15.5 Å². The van der Waals surface area contributed by atoms with Crippen LogP contribution in [-0.4, -0.2) is 52.1 Å². The standard InChI is InChI=1S/C24H17F2N7O9S2/c25-19-11-20(26)29-24(28-19)27-17-9-14(44(40,41)42)10-18(21(17)34)31-33-22(12-4-2-1-3-5-12)32-30-16-8-13(43(37,38)39)6-7-15(16)23(35)36/h1-11,22,34H,(H,35,36)(H,27,28,29)(H,37,38,39)(H,40,41,42). The smallest absolute Gasteiger partial charge is 0.337 e. The normalized spacial score (nSPS) is 12.9. The van der Waals surface area contributed by atoms with Gasteiger partial charge in [0.2, 0.25) is 24.0 Å². The molecule has 0 saturated carbocycles. The van der Waals surface area contributed by atoms with E-state index >= 15 is 0 Å². The molecule has 0 spiro atoms. The molecule has 1 unspecified atom stereocenters. The molecule has 4 rings (SSSR count). The lowest BCUT2D eigenvalue weighted by Gasteiger charge is -2.11. The van der Waals surface area contributed by atoms with Gasteiger partial charge >= 0.3 is 5.97 Å². The summed E-state index contributed by atoms with van der Waals surface area (Å²) in [4.78, 5) is 16.7. The van der Waals surface area contributed by atoms with Crippen LogP contribution in [0.2, 0.25) is 0 Å². The van der Waals surface area contributed by atoms with Crippen LogP contribution in [0.25, 0.3) is 0 Å². The Morgan fingerprint density at radius 3 is 1.93 bits per heavy atom. The Balaban J connectivity index is 1.81. The van der Waals surface area contributed by atoms with Crippen molar-refractivity contribution < 1.29 is 49.7 Å². The number of aromatic carboxylic acids is 1. The van der Waals surface area contributed by atoms with E-state index in [1.165, 1.54) is 12.1 Å². The first-order valence-electron chi connectivity index (χ1n) is 11.6. The number of halogens is 2. The second-order valence-electron chi connectivity index (χ2n) is 8.45. The van der Waals surface area contributed by atoms with E-state index in [0.717, 1.165) is 18.2 Å². The lowest BCUT2D eigenvalue weighted by Crippen LogP contribution is -2.03. The Hall–Kier alpha value is -5.31. The molecule has 0 amide bonds. The van der Waals surface area contributed by atoms with Crippen molar-refractivity contribution in [1.82, 2.24) is 9.97 Å². The molecule has 1 aromatic heterocycles. The van der Waals surface area contributed by atoms with Gasteiger partial charge in [0, 0.05) is 11.6 Å². The summed E-state index contributed by atoms with van der Waals surface area (Å²) in [7, 11) is -9.70. The highest BCUT2D eigenvalue weighted by atomic mass is 32.2. The molecule has 4 aromatic rings. The highest BCUT2D eigenvalue weighted by Crippen LogP contribution is 2.39. The van der Waals surface area contributed by atoms with Gasteiger partial charge in [-0.1, -0.05) is 30.3 Å². The number of phenols is 1. The van der Waals surface area contributed by atoms with E-state index in [-0.39, 0.29) is 5.56 Å². The number of aromatic hydroxyl groups is 1. The van der Waals surface area contributed by atoms with Crippen molar-refractivity contribution in [3.8, 4) is 5.75 Å². The zero-order valence-corrected chi connectivity index (χ0v) is 23.1. The van der Waals surface area contributed by atoms with E-state index in [1.807, 2.05) is 0 Å². The van der Waals surface area contributed by atoms with E-state index in [1.54, 1.807) is 18.2 Å². The van der Waals surface area contributed by atoms with Crippen LogP contribution in [0.4, 0.5) is 31.8 Å². The number of aromatic nitrogens is 2. The average Bonchev–Trinajstić information content (AvgIpc) is 2.93. The first-order chi connectivity index (χ1) is 20.6. The van der Waals surface area contributed by atoms with Gasteiger partial charge in [-0.25, -0.2) is 4.79 Å². The average molecular weight is 650 g/mol. The third kappa shape index (κ3) is 7.74. The SMILES string of the molecule is O=C(O)c1ccc(S(=O)(=O)O)cc1N=NC(N=Nc1cc(S(=O)(=O)O)cc(Nc2nc(F)cc(F)n2)c1O)c1ccccc1. The van der Waals surface area contributed by atoms with Gasteiger partial charge in [-0.3, -0.25) is 9.11 Å². The van der Waals surface area contributed by atoms with Gasteiger partial charge in [-0.15, -0.1) is 5.11 Å². The molecule has 20 heteroatoms. The molecule has 44 heavy (non-hydrogen) atoms. The molecule has 228 valence electrons. The minimum Gasteiger partial charge on any atom is -0.504 e. The number of rotatable bonds is 10. The third-order valence-corrected chi connectivity index (χ3v) is 7.10. The van der Waals surface area contributed by atoms with Crippen LogP contribution in [0.1, 0.15) is 22.1 Å². The van der Waals surface area contributed by atoms with Crippen molar-refractivity contribution in [3.05, 3.63) is 89.8 Å². The number of nitrogens with one attached hydrogen (secondary N) is 1. The third-order valence-electron chi connectivity index (χ3n) is 5.42. The molecule has 0 saturated heterocycles. The summed E-state index contributed by atoms with van der Waals surface area (Å²) in [6, 6.07) is 11.9. The molecular weight excluding hydrogens is 632 g/mol. The Labute approximate surface area is 246 Å². The minimum absolute atomic E-state index is 0.273. The summed E-state index contributed by atoms with van der Waals surface area (Å²) in [6.07, 6.45) is -1.43. The number of carboxylic acids is 1. The van der Waals surface area contributed by atoms with Gasteiger partial charge in [-0.2, -0.15) is 50.9 Å². The molecule has 5 N–H and O–H groups in total. The summed E-state index contributed by atoms with van der Waals surface area (Å²) >= 11 is 0. The molecule has 0 aliphatic carbocycles. The van der Waals surface area contributed by atoms with Gasteiger partial charge in [0.05, 0.1) is 21.0 Å². The summed E-state index contributed by atoms with van der Waals surface area (Å²) in [6.45, 7) is 0. The van der Waals surface area contributed by atoms with Crippen molar-refractivity contribution in [1.29, 1.82) is 0 Å². The second-order valence-corrected chi connectivity index (χ2v) is 11.3. The first-order valence-corrected chi connectivity index (χ1v) is 14.5. The fourth-order valence-electron chi connectivity index (χ4n) is 3.43. The van der Waals surface area contributed by atoms with Crippen LogP contribution in [0.5, 0.6) is 5.75 Å². The van der Waals surface area contributed by atoms with Crippen LogP contribution in [-0.2, 0) is 20.2 Å². The summed E-state index contributed by atoms with van der Waals surface area (Å²) < 4.78 is 92.9. The number of phenolic OH excluding ortho intramolecular Hbond substituents is 1. The van der Waals surface area contributed by atoms with Gasteiger partial charge in [-0.05, 0) is 30.3 Å². The highest BCUT2D eigenvalue weighted by Gasteiger charge is 2.20. The molecule has 0 fully saturated rings. The lowest BCUT2D eigenvalue weighted by atomic mass is 10.2. The summed E-state index contributed by atoms with van der Waals surface area (Å²) in [5.74, 6) is -5.67. The summed E-state index contributed by atoms with van der Waals surface area (Å²) in [5, 5.41) is 37.8. The second kappa shape index (κ2) is 12.5. The Kier molecular flexibility index (Phi) is 8.99. The molecule has 0 aliphatic heterocycles. The number of azo groups is 2. The van der Waals surface area contributed by atoms with E-state index in [9.17, 15) is 49.7 Å². The van der Waals surface area contributed by atoms with E-state index < -0.39 is 88.4 Å². The Morgan fingerprint density at radius 1 is 0.795 bits per heavy atom. The summed E-state index contributed by atoms with van der Waals surface area (Å²) in [5.41, 5.74) is -1.89. The molecule has 0 radical (unpaired) electrons. The fraction of sp³-hybridized carbons (Fsp3) is 0.0417. The maximum Gasteiger partial charge on any atom is 0.337 e. The molecule has 0 aliphatic rings. The quantitative estimate of drug-likeness (QED) is 0.0661. The van der Waals surface area contributed by atoms with Crippen LogP contribution >= 0.6 is 0 Å². The highest BCUT2D eigenvalue weighted by molar-refractivity contribution is 7.86. The molecule has 1 atom stereocenters. The van der Waals surface area contributed by atoms with Gasteiger partial charge in [0.15, 0.2) is 5.75 Å². The molecule has 16 nitrogen and oxygen atoms in total. The van der Waals surface area contributed by atoms with Crippen LogP contribution < -0.4 is 5.32 Å². The van der Waals surface area contributed by atoms with Gasteiger partial charge in [0.25, 0.3) is 20.2 Å². The number of carboxylic acid groups (broad SMARTS) is 1.